The lowest BCUT2D eigenvalue weighted by Crippen LogP contribution is -2.05. The van der Waals surface area contributed by atoms with Gasteiger partial charge in [0.1, 0.15) is 6.07 Å². The fraction of sp³-hybridized carbons (Fsp3) is 0.222. The quantitative estimate of drug-likeness (QED) is 0.638. The summed E-state index contributed by atoms with van der Waals surface area (Å²) in [4.78, 5) is 0. The van der Waals surface area contributed by atoms with Crippen LogP contribution in [0.4, 0.5) is 0 Å². The minimum Gasteiger partial charge on any atom is -0.195 e. The molecular weight excluding hydrogens is 193 g/mol. The Morgan fingerprint density at radius 3 is 2.17 bits per heavy atom. The minimum atomic E-state index is -1.42. The van der Waals surface area contributed by atoms with E-state index in [1.807, 2.05) is 25.1 Å². The van der Waals surface area contributed by atoms with E-state index in [4.69, 9.17) is 28.5 Å². The monoisotopic (exact) mass is 199 g/mol. The highest BCUT2D eigenvalue weighted by molar-refractivity contribution is 6.50. The van der Waals surface area contributed by atoms with Crippen LogP contribution in [-0.2, 0) is 4.33 Å². The molecule has 0 fully saturated rings. The van der Waals surface area contributed by atoms with Crippen molar-refractivity contribution in [3.8, 4) is 6.07 Å². The van der Waals surface area contributed by atoms with Crippen molar-refractivity contribution in [1.82, 2.24) is 0 Å². The largest absolute Gasteiger partial charge is 0.228 e. The molecule has 0 saturated carbocycles. The van der Waals surface area contributed by atoms with E-state index in [1.54, 1.807) is 12.1 Å². The second-order valence-electron chi connectivity index (χ2n) is 2.55. The summed E-state index contributed by atoms with van der Waals surface area (Å²) in [7, 11) is 0. The molecule has 1 aromatic rings. The van der Waals surface area contributed by atoms with Crippen LogP contribution in [0.2, 0.25) is 0 Å². The smallest absolute Gasteiger partial charge is 0.195 e. The molecule has 0 radical (unpaired) electrons. The summed E-state index contributed by atoms with van der Waals surface area (Å²) in [5.41, 5.74) is 1.72. The van der Waals surface area contributed by atoms with Crippen molar-refractivity contribution >= 4 is 23.2 Å². The Hall–Kier alpha value is -0.710. The van der Waals surface area contributed by atoms with Gasteiger partial charge in [-0.05, 0) is 6.92 Å². The van der Waals surface area contributed by atoms with Crippen molar-refractivity contribution < 1.29 is 0 Å². The predicted octanol–water partition coefficient (Wildman–Crippen LogP) is 3.15. The number of rotatable bonds is 1. The highest BCUT2D eigenvalue weighted by atomic mass is 35.5. The maximum Gasteiger partial charge on any atom is 0.228 e. The number of alkyl halides is 2. The fourth-order valence-electron chi connectivity index (χ4n) is 0.827. The molecule has 62 valence electrons. The van der Waals surface area contributed by atoms with Gasteiger partial charge in [-0.15, -0.1) is 0 Å². The molecule has 3 heteroatoms. The first kappa shape index (κ1) is 9.38. The lowest BCUT2D eigenvalue weighted by atomic mass is 10.1. The first-order valence-corrected chi connectivity index (χ1v) is 4.18. The Bertz CT molecular complexity index is 308. The van der Waals surface area contributed by atoms with E-state index in [1.165, 1.54) is 0 Å². The Labute approximate surface area is 81.5 Å². The summed E-state index contributed by atoms with van der Waals surface area (Å²) < 4.78 is -1.42. The van der Waals surface area contributed by atoms with Crippen molar-refractivity contribution in [3.63, 3.8) is 0 Å². The van der Waals surface area contributed by atoms with Crippen molar-refractivity contribution in [2.45, 2.75) is 11.3 Å². The van der Waals surface area contributed by atoms with Crippen LogP contribution in [0.25, 0.3) is 0 Å². The average molecular weight is 200 g/mol. The maximum absolute atomic E-state index is 8.60. The molecule has 0 saturated heterocycles. The number of aryl methyl sites for hydroxylation is 1. The van der Waals surface area contributed by atoms with Gasteiger partial charge < -0.3 is 0 Å². The summed E-state index contributed by atoms with van der Waals surface area (Å²) >= 11 is 11.4. The number of hydrogen-bond donors (Lipinski definition) is 0. The van der Waals surface area contributed by atoms with Gasteiger partial charge in [-0.2, -0.15) is 5.26 Å². The minimum absolute atomic E-state index is 0.610. The molecule has 1 rings (SSSR count). The van der Waals surface area contributed by atoms with Crippen molar-refractivity contribution in [2.24, 2.45) is 0 Å². The highest BCUT2D eigenvalue weighted by Gasteiger charge is 2.25. The van der Waals surface area contributed by atoms with Crippen LogP contribution < -0.4 is 0 Å². The van der Waals surface area contributed by atoms with Crippen LogP contribution in [0.1, 0.15) is 11.1 Å². The Kier molecular flexibility index (Phi) is 2.62. The lowest BCUT2D eigenvalue weighted by Gasteiger charge is -2.09. The summed E-state index contributed by atoms with van der Waals surface area (Å²) in [6, 6.07) is 9.04. The Balaban J connectivity index is 3.07. The van der Waals surface area contributed by atoms with E-state index in [0.717, 1.165) is 5.56 Å². The molecule has 1 nitrogen and oxygen atoms in total. The maximum atomic E-state index is 8.60. The van der Waals surface area contributed by atoms with Crippen LogP contribution in [0.3, 0.4) is 0 Å². The second-order valence-corrected chi connectivity index (χ2v) is 3.88. The number of benzene rings is 1. The van der Waals surface area contributed by atoms with Crippen molar-refractivity contribution in [3.05, 3.63) is 35.4 Å². The van der Waals surface area contributed by atoms with Gasteiger partial charge in [0.25, 0.3) is 0 Å². The van der Waals surface area contributed by atoms with Gasteiger partial charge in [0.2, 0.25) is 4.33 Å². The third-order valence-corrected chi connectivity index (χ3v) is 2.16. The van der Waals surface area contributed by atoms with E-state index in [-0.39, 0.29) is 0 Å². The van der Waals surface area contributed by atoms with E-state index >= 15 is 0 Å². The molecule has 12 heavy (non-hydrogen) atoms. The zero-order valence-corrected chi connectivity index (χ0v) is 8.02. The van der Waals surface area contributed by atoms with E-state index in [2.05, 4.69) is 0 Å². The van der Waals surface area contributed by atoms with Crippen molar-refractivity contribution in [1.29, 1.82) is 5.26 Å². The third kappa shape index (κ3) is 1.91. The van der Waals surface area contributed by atoms with Gasteiger partial charge in [-0.1, -0.05) is 53.0 Å². The number of halogens is 2. The third-order valence-electron chi connectivity index (χ3n) is 1.55. The molecule has 0 unspecified atom stereocenters. The number of nitrogens with zero attached hydrogens (tertiary/aromatic N) is 1. The molecule has 0 amide bonds. The van der Waals surface area contributed by atoms with Gasteiger partial charge >= 0.3 is 0 Å². The molecule has 0 aliphatic rings. The zero-order chi connectivity index (χ0) is 9.19. The van der Waals surface area contributed by atoms with Crippen molar-refractivity contribution in [2.75, 3.05) is 0 Å². The van der Waals surface area contributed by atoms with E-state index in [9.17, 15) is 0 Å². The summed E-state index contributed by atoms with van der Waals surface area (Å²) in [5.74, 6) is 0. The van der Waals surface area contributed by atoms with Gasteiger partial charge in [-0.3, -0.25) is 0 Å². The average Bonchev–Trinajstić information content (AvgIpc) is 2.05. The molecule has 1 aromatic carbocycles. The number of nitriles is 1. The molecule has 0 heterocycles. The summed E-state index contributed by atoms with van der Waals surface area (Å²) in [6.45, 7) is 1.96. The Morgan fingerprint density at radius 1 is 1.25 bits per heavy atom. The van der Waals surface area contributed by atoms with Crippen LogP contribution in [-0.4, -0.2) is 0 Å². The van der Waals surface area contributed by atoms with Crippen LogP contribution in [0.15, 0.2) is 24.3 Å². The number of hydrogen-bond acceptors (Lipinski definition) is 1. The van der Waals surface area contributed by atoms with Crippen LogP contribution in [0, 0.1) is 18.3 Å². The normalized spacial score (nSPS) is 10.8. The fourth-order valence-corrected chi connectivity index (χ4v) is 1.08. The Morgan fingerprint density at radius 2 is 1.75 bits per heavy atom. The summed E-state index contributed by atoms with van der Waals surface area (Å²) in [6.07, 6.45) is 0. The first-order valence-electron chi connectivity index (χ1n) is 3.42. The molecule has 0 aliphatic heterocycles. The van der Waals surface area contributed by atoms with E-state index < -0.39 is 4.33 Å². The standard InChI is InChI=1S/C9H7Cl2N/c1-7-2-4-8(5-3-7)9(10,11)6-12/h2-5H,1H3. The SMILES string of the molecule is Cc1ccc(C(Cl)(Cl)C#N)cc1. The lowest BCUT2D eigenvalue weighted by molar-refractivity contribution is 1.11. The van der Waals surface area contributed by atoms with Gasteiger partial charge in [-0.25, -0.2) is 0 Å². The van der Waals surface area contributed by atoms with Crippen LogP contribution >= 0.6 is 23.2 Å². The molecule has 0 atom stereocenters. The zero-order valence-electron chi connectivity index (χ0n) is 6.51. The predicted molar refractivity (Wildman–Crippen MR) is 50.2 cm³/mol. The molecule has 0 aromatic heterocycles. The van der Waals surface area contributed by atoms with Crippen LogP contribution in [0.5, 0.6) is 0 Å². The highest BCUT2D eigenvalue weighted by Crippen LogP contribution is 2.32. The van der Waals surface area contributed by atoms with Gasteiger partial charge in [0.15, 0.2) is 0 Å². The molecule has 0 bridgehead atoms. The summed E-state index contributed by atoms with van der Waals surface area (Å²) in [5, 5.41) is 8.60. The second kappa shape index (κ2) is 3.35. The topological polar surface area (TPSA) is 23.8 Å². The first-order chi connectivity index (χ1) is 5.56. The van der Waals surface area contributed by atoms with Gasteiger partial charge in [0, 0.05) is 5.56 Å². The van der Waals surface area contributed by atoms with Gasteiger partial charge in [0.05, 0.1) is 0 Å². The van der Waals surface area contributed by atoms with E-state index in [0.29, 0.717) is 5.56 Å². The molecule has 0 spiro atoms. The molecule has 0 N–H and O–H groups in total. The molecular formula is C9H7Cl2N. The molecule has 0 aliphatic carbocycles.